The molecule has 0 heterocycles. The van der Waals surface area contributed by atoms with Crippen molar-refractivity contribution in [3.8, 4) is 0 Å². The van der Waals surface area contributed by atoms with Crippen LogP contribution in [-0.4, -0.2) is 37.7 Å². The molecule has 2 aromatic rings. The second kappa shape index (κ2) is 11.0. The first-order valence-electron chi connectivity index (χ1n) is 9.89. The minimum Gasteiger partial charge on any atom is -0.591 e. The van der Waals surface area contributed by atoms with Crippen molar-refractivity contribution < 1.29 is 14.5 Å². The molecule has 30 heavy (non-hydrogen) atoms. The van der Waals surface area contributed by atoms with Gasteiger partial charge in [-0.3, -0.25) is 0 Å². The molecular formula is C23H29BrN2O3S. The fraction of sp³-hybridized carbons (Fsp3) is 0.391. The Morgan fingerprint density at radius 1 is 1.17 bits per heavy atom. The van der Waals surface area contributed by atoms with Gasteiger partial charge in [-0.1, -0.05) is 62.8 Å². The fourth-order valence-corrected chi connectivity index (χ4v) is 3.84. The Kier molecular flexibility index (Phi) is 8.94. The highest BCUT2D eigenvalue weighted by Gasteiger charge is 2.28. The van der Waals surface area contributed by atoms with Crippen molar-refractivity contribution in [3.05, 3.63) is 70.2 Å². The van der Waals surface area contributed by atoms with E-state index >= 15 is 0 Å². The molecule has 0 fully saturated rings. The lowest BCUT2D eigenvalue weighted by atomic mass is 10.0. The molecule has 0 radical (unpaired) electrons. The zero-order chi connectivity index (χ0) is 22.3. The number of carbonyl (C=O) groups is 1. The maximum atomic E-state index is 12.6. The average molecular weight is 493 g/mol. The summed E-state index contributed by atoms with van der Waals surface area (Å²) < 4.78 is 17.6. The van der Waals surface area contributed by atoms with Crippen molar-refractivity contribution in [2.45, 2.75) is 51.3 Å². The molecule has 2 atom stereocenters. The number of amides is 1. The van der Waals surface area contributed by atoms with E-state index in [0.717, 1.165) is 21.3 Å². The highest BCUT2D eigenvalue weighted by atomic mass is 79.9. The van der Waals surface area contributed by atoms with Crippen LogP contribution >= 0.6 is 15.9 Å². The lowest BCUT2D eigenvalue weighted by Gasteiger charge is -2.27. The number of hydrogen-bond acceptors (Lipinski definition) is 3. The highest BCUT2D eigenvalue weighted by Crippen LogP contribution is 2.24. The Labute approximate surface area is 190 Å². The van der Waals surface area contributed by atoms with Crippen LogP contribution in [0.4, 0.5) is 4.79 Å². The monoisotopic (exact) mass is 492 g/mol. The zero-order valence-corrected chi connectivity index (χ0v) is 20.2. The van der Waals surface area contributed by atoms with Crippen LogP contribution in [0.2, 0.25) is 0 Å². The molecule has 0 spiro atoms. The Bertz CT molecular complexity index is 851. The van der Waals surface area contributed by atoms with E-state index in [1.54, 1.807) is 0 Å². The quantitative estimate of drug-likeness (QED) is 0.350. The summed E-state index contributed by atoms with van der Waals surface area (Å²) in [6.07, 6.45) is 0.173. The molecule has 0 saturated heterocycles. The van der Waals surface area contributed by atoms with Crippen molar-refractivity contribution in [2.75, 3.05) is 6.54 Å². The van der Waals surface area contributed by atoms with Gasteiger partial charge in [0.1, 0.15) is 16.1 Å². The minimum atomic E-state index is -1.38. The van der Waals surface area contributed by atoms with Crippen LogP contribution in [0.5, 0.6) is 0 Å². The third-order valence-electron chi connectivity index (χ3n) is 4.70. The largest absolute Gasteiger partial charge is 0.591 e. The SMILES string of the molecule is C[C@@H](c1ccc(Br)cc1)N(CCC/C(=N/[S+]([O-])C(C)(C)C)c1ccccc1)C(=O)O. The third kappa shape index (κ3) is 7.15. The smallest absolute Gasteiger partial charge is 0.407 e. The van der Waals surface area contributed by atoms with E-state index in [2.05, 4.69) is 20.3 Å². The molecule has 0 saturated carbocycles. The Balaban J connectivity index is 2.14. The summed E-state index contributed by atoms with van der Waals surface area (Å²) in [5, 5.41) is 9.73. The molecule has 0 bridgehead atoms. The lowest BCUT2D eigenvalue weighted by Crippen LogP contribution is -2.33. The molecule has 5 nitrogen and oxygen atoms in total. The first-order valence-corrected chi connectivity index (χ1v) is 11.8. The number of nitrogens with zero attached hydrogens (tertiary/aromatic N) is 2. The van der Waals surface area contributed by atoms with E-state index in [1.807, 2.05) is 82.3 Å². The zero-order valence-electron chi connectivity index (χ0n) is 17.8. The Morgan fingerprint density at radius 2 is 1.77 bits per heavy atom. The molecule has 1 unspecified atom stereocenters. The predicted molar refractivity (Wildman–Crippen MR) is 127 cm³/mol. The standard InChI is InChI=1S/C23H29BrN2O3S/c1-17(18-12-14-20(24)15-13-18)26(22(27)28)16-8-11-21(19-9-6-5-7-10-19)25-30(29)23(2,3)4/h5-7,9-10,12-15,17H,8,11,16H2,1-4H3,(H,27,28)/b25-21-/t17-,30?/m0/s1. The summed E-state index contributed by atoms with van der Waals surface area (Å²) in [4.78, 5) is 13.3. The van der Waals surface area contributed by atoms with Crippen LogP contribution < -0.4 is 0 Å². The number of rotatable bonds is 8. The van der Waals surface area contributed by atoms with E-state index in [0.29, 0.717) is 19.4 Å². The molecule has 1 N–H and O–H groups in total. The third-order valence-corrected chi connectivity index (χ3v) is 6.66. The normalized spacial score (nSPS) is 14.3. The molecule has 7 heteroatoms. The summed E-state index contributed by atoms with van der Waals surface area (Å²) in [6.45, 7) is 7.92. The van der Waals surface area contributed by atoms with E-state index in [9.17, 15) is 14.5 Å². The van der Waals surface area contributed by atoms with Crippen molar-refractivity contribution in [1.29, 1.82) is 0 Å². The summed E-state index contributed by atoms with van der Waals surface area (Å²) in [5.41, 5.74) is 2.59. The van der Waals surface area contributed by atoms with Crippen molar-refractivity contribution in [3.63, 3.8) is 0 Å². The van der Waals surface area contributed by atoms with E-state index in [-0.39, 0.29) is 6.04 Å². The number of carboxylic acid groups (broad SMARTS) is 1. The van der Waals surface area contributed by atoms with Gasteiger partial charge >= 0.3 is 6.09 Å². The molecular weight excluding hydrogens is 464 g/mol. The van der Waals surface area contributed by atoms with Crippen LogP contribution in [0.1, 0.15) is 57.7 Å². The van der Waals surface area contributed by atoms with Crippen LogP contribution in [0, 0.1) is 0 Å². The molecule has 0 aliphatic carbocycles. The predicted octanol–water partition coefficient (Wildman–Crippen LogP) is 6.22. The molecule has 0 aromatic heterocycles. The first-order chi connectivity index (χ1) is 14.1. The second-order valence-electron chi connectivity index (χ2n) is 8.07. The number of hydrogen-bond donors (Lipinski definition) is 1. The van der Waals surface area contributed by atoms with Gasteiger partial charge in [-0.25, -0.2) is 4.79 Å². The van der Waals surface area contributed by atoms with Crippen LogP contribution in [0.25, 0.3) is 0 Å². The summed E-state index contributed by atoms with van der Waals surface area (Å²) in [7, 11) is 0. The van der Waals surface area contributed by atoms with Gasteiger partial charge in [0.2, 0.25) is 0 Å². The highest BCUT2D eigenvalue weighted by molar-refractivity contribution is 9.10. The van der Waals surface area contributed by atoms with Gasteiger partial charge in [0.25, 0.3) is 0 Å². The van der Waals surface area contributed by atoms with E-state index in [4.69, 9.17) is 0 Å². The summed E-state index contributed by atoms with van der Waals surface area (Å²) in [6, 6.07) is 17.1. The average Bonchev–Trinajstić information content (AvgIpc) is 2.70. The van der Waals surface area contributed by atoms with Gasteiger partial charge < -0.3 is 14.6 Å². The topological polar surface area (TPSA) is 76.0 Å². The van der Waals surface area contributed by atoms with Crippen LogP contribution in [-0.2, 0) is 11.4 Å². The molecule has 0 aliphatic rings. The van der Waals surface area contributed by atoms with Crippen LogP contribution in [0.3, 0.4) is 0 Å². The Morgan fingerprint density at radius 3 is 2.30 bits per heavy atom. The van der Waals surface area contributed by atoms with Gasteiger partial charge in [-0.15, -0.1) is 0 Å². The minimum absolute atomic E-state index is 0.267. The maximum Gasteiger partial charge on any atom is 0.407 e. The number of halogens is 1. The lowest BCUT2D eigenvalue weighted by molar-refractivity contribution is 0.127. The fourth-order valence-electron chi connectivity index (χ4n) is 2.90. The molecule has 162 valence electrons. The molecule has 2 aromatic carbocycles. The second-order valence-corrected chi connectivity index (χ2v) is 10.9. The summed E-state index contributed by atoms with van der Waals surface area (Å²) >= 11 is 2.03. The van der Waals surface area contributed by atoms with Crippen LogP contribution in [0.15, 0.2) is 63.5 Å². The number of benzene rings is 2. The van der Waals surface area contributed by atoms with E-state index in [1.165, 1.54) is 4.90 Å². The van der Waals surface area contributed by atoms with Gasteiger partial charge in [0, 0.05) is 16.6 Å². The van der Waals surface area contributed by atoms with Gasteiger partial charge in [0.15, 0.2) is 0 Å². The Hall–Kier alpha value is -1.83. The van der Waals surface area contributed by atoms with Gasteiger partial charge in [0.05, 0.1) is 11.8 Å². The maximum absolute atomic E-state index is 12.6. The molecule has 0 aliphatic heterocycles. The molecule has 2 rings (SSSR count). The summed E-state index contributed by atoms with van der Waals surface area (Å²) in [5.74, 6) is 0. The van der Waals surface area contributed by atoms with Crippen molar-refractivity contribution >= 4 is 39.1 Å². The first kappa shape index (κ1) is 24.4. The van der Waals surface area contributed by atoms with Gasteiger partial charge in [-0.2, -0.15) is 0 Å². The van der Waals surface area contributed by atoms with Gasteiger partial charge in [-0.05, 0) is 58.2 Å². The van der Waals surface area contributed by atoms with Crippen molar-refractivity contribution in [2.24, 2.45) is 4.40 Å². The molecule has 1 amide bonds. The van der Waals surface area contributed by atoms with E-state index < -0.39 is 22.2 Å². The van der Waals surface area contributed by atoms with Crippen molar-refractivity contribution in [1.82, 2.24) is 4.90 Å².